The molecule has 2 aliphatic heterocycles. The van der Waals surface area contributed by atoms with E-state index in [1.54, 1.807) is 24.3 Å². The minimum atomic E-state index is -4.47. The molecule has 0 aliphatic carbocycles. The summed E-state index contributed by atoms with van der Waals surface area (Å²) in [7, 11) is 0. The Morgan fingerprint density at radius 3 is 2.43 bits per heavy atom. The number of hydrogen-bond acceptors (Lipinski definition) is 3. The zero-order valence-corrected chi connectivity index (χ0v) is 15.1. The molecule has 0 saturated carbocycles. The van der Waals surface area contributed by atoms with Crippen molar-refractivity contribution in [3.05, 3.63) is 76.0 Å². The van der Waals surface area contributed by atoms with Crippen molar-refractivity contribution in [2.45, 2.75) is 18.5 Å². The molecular formula is C20H13ClF3NO3. The van der Waals surface area contributed by atoms with E-state index in [9.17, 15) is 22.8 Å². The molecule has 2 aliphatic rings. The summed E-state index contributed by atoms with van der Waals surface area (Å²) in [6, 6.07) is 11.1. The zero-order valence-electron chi connectivity index (χ0n) is 14.3. The second-order valence-corrected chi connectivity index (χ2v) is 6.96. The van der Waals surface area contributed by atoms with Gasteiger partial charge in [-0.25, -0.2) is 4.79 Å². The molecule has 2 aromatic rings. The van der Waals surface area contributed by atoms with Gasteiger partial charge in [0.2, 0.25) is 5.91 Å². The molecule has 0 fully saturated rings. The van der Waals surface area contributed by atoms with E-state index in [2.05, 4.69) is 0 Å². The number of benzene rings is 2. The smallest absolute Gasteiger partial charge is 0.416 e. The first-order chi connectivity index (χ1) is 13.3. The fraction of sp³-hybridized carbons (Fsp3) is 0.200. The number of rotatable bonds is 2. The Labute approximate surface area is 163 Å². The van der Waals surface area contributed by atoms with E-state index in [0.717, 1.165) is 12.1 Å². The molecular weight excluding hydrogens is 395 g/mol. The molecule has 0 N–H and O–H groups in total. The molecule has 0 saturated heterocycles. The highest BCUT2D eigenvalue weighted by molar-refractivity contribution is 6.30. The minimum Gasteiger partial charge on any atom is -0.456 e. The van der Waals surface area contributed by atoms with Crippen molar-refractivity contribution in [3.8, 4) is 0 Å². The highest BCUT2D eigenvalue weighted by Crippen LogP contribution is 2.42. The van der Waals surface area contributed by atoms with Crippen LogP contribution in [0.3, 0.4) is 0 Å². The Balaban J connectivity index is 1.77. The summed E-state index contributed by atoms with van der Waals surface area (Å²) in [5.74, 6) is -1.38. The molecule has 28 heavy (non-hydrogen) atoms. The van der Waals surface area contributed by atoms with Gasteiger partial charge in [0.1, 0.15) is 6.61 Å². The van der Waals surface area contributed by atoms with Crippen molar-refractivity contribution >= 4 is 29.2 Å². The standard InChI is InChI=1S/C20H13ClF3NO3/c21-13-3-1-2-11(8-13)15-9-17(26)25(16-10-28-19(27)18(15)16)14-6-4-12(5-7-14)20(22,23)24/h1-8,15H,9-10H2. The number of amides is 1. The van der Waals surface area contributed by atoms with E-state index >= 15 is 0 Å². The second-order valence-electron chi connectivity index (χ2n) is 6.52. The fourth-order valence-electron chi connectivity index (χ4n) is 3.56. The van der Waals surface area contributed by atoms with E-state index in [1.807, 2.05) is 0 Å². The third-order valence-electron chi connectivity index (χ3n) is 4.82. The van der Waals surface area contributed by atoms with Crippen LogP contribution in [0.1, 0.15) is 23.5 Å². The lowest BCUT2D eigenvalue weighted by atomic mass is 9.84. The molecule has 0 spiro atoms. The lowest BCUT2D eigenvalue weighted by molar-refractivity contribution is -0.138. The number of hydrogen-bond donors (Lipinski definition) is 0. The fourth-order valence-corrected chi connectivity index (χ4v) is 3.76. The summed E-state index contributed by atoms with van der Waals surface area (Å²) in [5, 5.41) is 0.476. The molecule has 0 aromatic heterocycles. The van der Waals surface area contributed by atoms with Gasteiger partial charge in [-0.3, -0.25) is 9.69 Å². The molecule has 0 bridgehead atoms. The van der Waals surface area contributed by atoms with E-state index in [4.69, 9.17) is 16.3 Å². The number of alkyl halides is 3. The third kappa shape index (κ3) is 3.16. The van der Waals surface area contributed by atoms with Gasteiger partial charge in [0.15, 0.2) is 0 Å². The van der Waals surface area contributed by atoms with E-state index < -0.39 is 23.6 Å². The first-order valence-electron chi connectivity index (χ1n) is 8.41. The topological polar surface area (TPSA) is 46.6 Å². The molecule has 0 radical (unpaired) electrons. The maximum Gasteiger partial charge on any atom is 0.416 e. The lowest BCUT2D eigenvalue weighted by Gasteiger charge is -2.32. The number of nitrogens with zero attached hydrogens (tertiary/aromatic N) is 1. The van der Waals surface area contributed by atoms with Crippen molar-refractivity contribution in [2.24, 2.45) is 0 Å². The second kappa shape index (κ2) is 6.67. The summed E-state index contributed by atoms with van der Waals surface area (Å²) in [6.07, 6.45) is -4.49. The monoisotopic (exact) mass is 407 g/mol. The predicted octanol–water partition coefficient (Wildman–Crippen LogP) is 4.69. The molecule has 1 atom stereocenters. The number of halogens is 4. The van der Waals surface area contributed by atoms with Gasteiger partial charge in [0, 0.05) is 23.0 Å². The van der Waals surface area contributed by atoms with Crippen LogP contribution in [0.2, 0.25) is 5.02 Å². The highest BCUT2D eigenvalue weighted by Gasteiger charge is 2.43. The molecule has 8 heteroatoms. The molecule has 1 unspecified atom stereocenters. The van der Waals surface area contributed by atoms with Crippen LogP contribution in [0.15, 0.2) is 59.8 Å². The highest BCUT2D eigenvalue weighted by atomic mass is 35.5. The Kier molecular flexibility index (Phi) is 4.42. The largest absolute Gasteiger partial charge is 0.456 e. The van der Waals surface area contributed by atoms with Gasteiger partial charge in [-0.1, -0.05) is 23.7 Å². The van der Waals surface area contributed by atoms with Crippen LogP contribution in [0.4, 0.5) is 18.9 Å². The molecule has 1 amide bonds. The van der Waals surface area contributed by atoms with Crippen LogP contribution >= 0.6 is 11.6 Å². The van der Waals surface area contributed by atoms with Crippen LogP contribution < -0.4 is 4.90 Å². The van der Waals surface area contributed by atoms with Gasteiger partial charge in [-0.15, -0.1) is 0 Å². The van der Waals surface area contributed by atoms with Crippen LogP contribution in [-0.4, -0.2) is 18.5 Å². The van der Waals surface area contributed by atoms with Crippen molar-refractivity contribution in [1.29, 1.82) is 0 Å². The molecule has 144 valence electrons. The normalized spacial score (nSPS) is 19.7. The van der Waals surface area contributed by atoms with Gasteiger partial charge in [-0.2, -0.15) is 13.2 Å². The Morgan fingerprint density at radius 1 is 1.07 bits per heavy atom. The molecule has 2 heterocycles. The van der Waals surface area contributed by atoms with E-state index in [0.29, 0.717) is 21.9 Å². The third-order valence-corrected chi connectivity index (χ3v) is 5.06. The van der Waals surface area contributed by atoms with Crippen LogP contribution in [-0.2, 0) is 20.5 Å². The van der Waals surface area contributed by atoms with E-state index in [1.165, 1.54) is 17.0 Å². The SMILES string of the molecule is O=C1OCC2=C1C(c1cccc(Cl)c1)CC(=O)N2c1ccc(C(F)(F)F)cc1. The number of cyclic esters (lactones) is 1. The number of carbonyl (C=O) groups is 2. The Hall–Kier alpha value is -2.80. The van der Waals surface area contributed by atoms with Crippen LogP contribution in [0, 0.1) is 0 Å². The molecule has 2 aromatic carbocycles. The van der Waals surface area contributed by atoms with Crippen molar-refractivity contribution < 1.29 is 27.5 Å². The van der Waals surface area contributed by atoms with Crippen LogP contribution in [0.25, 0.3) is 0 Å². The first-order valence-corrected chi connectivity index (χ1v) is 8.79. The van der Waals surface area contributed by atoms with E-state index in [-0.39, 0.29) is 24.6 Å². The van der Waals surface area contributed by atoms with Gasteiger partial charge in [0.25, 0.3) is 0 Å². The summed E-state index contributed by atoms with van der Waals surface area (Å²) in [6.45, 7) is -0.113. The van der Waals surface area contributed by atoms with Crippen molar-refractivity contribution in [2.75, 3.05) is 11.5 Å². The quantitative estimate of drug-likeness (QED) is 0.678. The number of anilines is 1. The Bertz CT molecular complexity index is 999. The first kappa shape index (κ1) is 18.6. The summed E-state index contributed by atoms with van der Waals surface area (Å²) < 4.78 is 43.6. The van der Waals surface area contributed by atoms with Gasteiger partial charge in [0.05, 0.1) is 16.8 Å². The van der Waals surface area contributed by atoms with Crippen molar-refractivity contribution in [3.63, 3.8) is 0 Å². The maximum absolute atomic E-state index is 12.9. The van der Waals surface area contributed by atoms with Gasteiger partial charge < -0.3 is 4.74 Å². The maximum atomic E-state index is 12.9. The zero-order chi connectivity index (χ0) is 20.1. The average molecular weight is 408 g/mol. The summed E-state index contributed by atoms with van der Waals surface area (Å²) >= 11 is 6.04. The summed E-state index contributed by atoms with van der Waals surface area (Å²) in [4.78, 5) is 26.5. The van der Waals surface area contributed by atoms with Gasteiger partial charge in [-0.05, 0) is 42.0 Å². The van der Waals surface area contributed by atoms with Crippen molar-refractivity contribution in [1.82, 2.24) is 0 Å². The number of esters is 1. The lowest BCUT2D eigenvalue weighted by Crippen LogP contribution is -2.37. The Morgan fingerprint density at radius 2 is 1.79 bits per heavy atom. The average Bonchev–Trinajstić information content (AvgIpc) is 3.02. The van der Waals surface area contributed by atoms with Crippen LogP contribution in [0.5, 0.6) is 0 Å². The molecule has 4 rings (SSSR count). The number of ether oxygens (including phenoxy) is 1. The number of carbonyl (C=O) groups excluding carboxylic acids is 2. The summed E-state index contributed by atoms with van der Waals surface area (Å²) in [5.41, 5.74) is 0.839. The minimum absolute atomic E-state index is 0.0186. The predicted molar refractivity (Wildman–Crippen MR) is 95.7 cm³/mol. The van der Waals surface area contributed by atoms with Gasteiger partial charge >= 0.3 is 12.1 Å². The molecule has 4 nitrogen and oxygen atoms in total.